The summed E-state index contributed by atoms with van der Waals surface area (Å²) in [6, 6.07) is 14.7. The van der Waals surface area contributed by atoms with Crippen LogP contribution in [0.25, 0.3) is 11.3 Å². The molecular formula is C20H20ClN3O3. The lowest BCUT2D eigenvalue weighted by atomic mass is 10.1. The molecule has 0 atom stereocenters. The number of H-pyrrole nitrogens is 1. The van der Waals surface area contributed by atoms with Crippen molar-refractivity contribution in [3.8, 4) is 22.8 Å². The van der Waals surface area contributed by atoms with Crippen LogP contribution in [0, 0.1) is 0 Å². The molecule has 0 fully saturated rings. The van der Waals surface area contributed by atoms with E-state index in [4.69, 9.17) is 21.1 Å². The maximum Gasteiger partial charge on any atom is 0.269 e. The number of rotatable bonds is 7. The highest BCUT2D eigenvalue weighted by molar-refractivity contribution is 6.33. The second-order valence-corrected chi connectivity index (χ2v) is 6.25. The van der Waals surface area contributed by atoms with Crippen LogP contribution in [0.3, 0.4) is 0 Å². The van der Waals surface area contributed by atoms with Crippen LogP contribution < -0.4 is 14.8 Å². The summed E-state index contributed by atoms with van der Waals surface area (Å²) in [6.45, 7) is 0.481. The minimum Gasteiger partial charge on any atom is -0.493 e. The van der Waals surface area contributed by atoms with Crippen molar-refractivity contribution in [2.75, 3.05) is 20.8 Å². The molecule has 0 spiro atoms. The number of aromatic nitrogens is 2. The first-order chi connectivity index (χ1) is 13.1. The van der Waals surface area contributed by atoms with E-state index in [2.05, 4.69) is 15.5 Å². The summed E-state index contributed by atoms with van der Waals surface area (Å²) in [5, 5.41) is 10.4. The third kappa shape index (κ3) is 4.41. The molecule has 0 radical (unpaired) electrons. The van der Waals surface area contributed by atoms with Crippen LogP contribution in [0.15, 0.2) is 48.5 Å². The number of methoxy groups -OCH3 is 2. The molecule has 1 heterocycles. The lowest BCUT2D eigenvalue weighted by molar-refractivity contribution is 0.0949. The van der Waals surface area contributed by atoms with E-state index in [0.29, 0.717) is 40.9 Å². The fourth-order valence-electron chi connectivity index (χ4n) is 2.70. The molecule has 2 N–H and O–H groups in total. The predicted octanol–water partition coefficient (Wildman–Crippen LogP) is 3.72. The largest absolute Gasteiger partial charge is 0.493 e. The van der Waals surface area contributed by atoms with Crippen LogP contribution >= 0.6 is 11.6 Å². The van der Waals surface area contributed by atoms with Crippen LogP contribution in [0.2, 0.25) is 5.02 Å². The number of carbonyl (C=O) groups excluding carboxylic acids is 1. The second-order valence-electron chi connectivity index (χ2n) is 5.84. The van der Waals surface area contributed by atoms with Gasteiger partial charge in [-0.25, -0.2) is 0 Å². The Labute approximate surface area is 162 Å². The number of carbonyl (C=O) groups is 1. The van der Waals surface area contributed by atoms with Gasteiger partial charge >= 0.3 is 0 Å². The van der Waals surface area contributed by atoms with Gasteiger partial charge in [-0.15, -0.1) is 0 Å². The van der Waals surface area contributed by atoms with Gasteiger partial charge in [0.2, 0.25) is 0 Å². The van der Waals surface area contributed by atoms with E-state index < -0.39 is 0 Å². The molecule has 1 amide bonds. The highest BCUT2D eigenvalue weighted by atomic mass is 35.5. The molecule has 3 rings (SSSR count). The first kappa shape index (κ1) is 18.8. The minimum absolute atomic E-state index is 0.221. The Morgan fingerprint density at radius 3 is 2.63 bits per heavy atom. The molecule has 0 saturated heterocycles. The van der Waals surface area contributed by atoms with Crippen molar-refractivity contribution in [1.82, 2.24) is 15.5 Å². The predicted molar refractivity (Wildman–Crippen MR) is 105 cm³/mol. The van der Waals surface area contributed by atoms with Crippen molar-refractivity contribution < 1.29 is 14.3 Å². The number of halogens is 1. The topological polar surface area (TPSA) is 76.2 Å². The maximum atomic E-state index is 12.3. The van der Waals surface area contributed by atoms with Crippen LogP contribution in [0.5, 0.6) is 11.5 Å². The molecule has 0 unspecified atom stereocenters. The minimum atomic E-state index is -0.221. The van der Waals surface area contributed by atoms with E-state index in [0.717, 1.165) is 11.1 Å². The number of hydrogen-bond donors (Lipinski definition) is 2. The van der Waals surface area contributed by atoms with Gasteiger partial charge in [0.15, 0.2) is 11.5 Å². The summed E-state index contributed by atoms with van der Waals surface area (Å²) >= 11 is 6.17. The van der Waals surface area contributed by atoms with Crippen LogP contribution in [-0.2, 0) is 6.42 Å². The lowest BCUT2D eigenvalue weighted by Crippen LogP contribution is -2.26. The summed E-state index contributed by atoms with van der Waals surface area (Å²) < 4.78 is 10.5. The third-order valence-electron chi connectivity index (χ3n) is 4.12. The number of benzene rings is 2. The smallest absolute Gasteiger partial charge is 0.269 e. The van der Waals surface area contributed by atoms with Gasteiger partial charge in [0.25, 0.3) is 5.91 Å². The van der Waals surface area contributed by atoms with E-state index >= 15 is 0 Å². The zero-order chi connectivity index (χ0) is 19.2. The Morgan fingerprint density at radius 2 is 1.89 bits per heavy atom. The number of amides is 1. The van der Waals surface area contributed by atoms with Crippen LogP contribution in [-0.4, -0.2) is 36.9 Å². The molecule has 0 aliphatic rings. The standard InChI is InChI=1S/C20H20ClN3O3/c1-26-18-8-7-13(11-19(18)27-2)9-10-22-20(25)17-12-16(23-24-17)14-5-3-4-6-15(14)21/h3-8,11-12H,9-10H2,1-2H3,(H,22,25)(H,23,24). The van der Waals surface area contributed by atoms with Crippen molar-refractivity contribution in [3.05, 3.63) is 64.8 Å². The van der Waals surface area contributed by atoms with E-state index in [1.54, 1.807) is 26.4 Å². The molecule has 6 nitrogen and oxygen atoms in total. The molecular weight excluding hydrogens is 366 g/mol. The Hall–Kier alpha value is -2.99. The van der Waals surface area contributed by atoms with Crippen molar-refractivity contribution in [1.29, 1.82) is 0 Å². The Morgan fingerprint density at radius 1 is 1.11 bits per heavy atom. The number of aromatic amines is 1. The first-order valence-corrected chi connectivity index (χ1v) is 8.79. The summed E-state index contributed by atoms with van der Waals surface area (Å²) in [4.78, 5) is 12.3. The number of hydrogen-bond acceptors (Lipinski definition) is 4. The average Bonchev–Trinajstić information content (AvgIpc) is 3.18. The first-order valence-electron chi connectivity index (χ1n) is 8.41. The molecule has 140 valence electrons. The maximum absolute atomic E-state index is 12.3. The van der Waals surface area contributed by atoms with Gasteiger partial charge in [-0.1, -0.05) is 35.9 Å². The SMILES string of the molecule is COc1ccc(CCNC(=O)c2cc(-c3ccccc3Cl)n[nH]2)cc1OC. The van der Waals surface area contributed by atoms with Gasteiger partial charge in [-0.2, -0.15) is 5.10 Å². The quantitative estimate of drug-likeness (QED) is 0.649. The number of nitrogens with one attached hydrogen (secondary N) is 2. The van der Waals surface area contributed by atoms with E-state index in [-0.39, 0.29) is 5.91 Å². The zero-order valence-electron chi connectivity index (χ0n) is 15.1. The zero-order valence-corrected chi connectivity index (χ0v) is 15.8. The molecule has 1 aromatic heterocycles. The van der Waals surface area contributed by atoms with Crippen molar-refractivity contribution in [2.45, 2.75) is 6.42 Å². The van der Waals surface area contributed by atoms with E-state index in [1.807, 2.05) is 36.4 Å². The van der Waals surface area contributed by atoms with Gasteiger partial charge in [-0.3, -0.25) is 9.89 Å². The molecule has 0 bridgehead atoms. The number of ether oxygens (including phenoxy) is 2. The molecule has 0 aliphatic carbocycles. The normalized spacial score (nSPS) is 10.5. The molecule has 0 aliphatic heterocycles. The monoisotopic (exact) mass is 385 g/mol. The van der Waals surface area contributed by atoms with Gasteiger partial charge in [0.05, 0.1) is 24.9 Å². The molecule has 0 saturated carbocycles. The molecule has 27 heavy (non-hydrogen) atoms. The van der Waals surface area contributed by atoms with Crippen molar-refractivity contribution in [3.63, 3.8) is 0 Å². The highest BCUT2D eigenvalue weighted by Crippen LogP contribution is 2.28. The summed E-state index contributed by atoms with van der Waals surface area (Å²) in [5.74, 6) is 1.12. The third-order valence-corrected chi connectivity index (χ3v) is 4.45. The van der Waals surface area contributed by atoms with Gasteiger partial charge in [0.1, 0.15) is 5.69 Å². The highest BCUT2D eigenvalue weighted by Gasteiger charge is 2.12. The fourth-order valence-corrected chi connectivity index (χ4v) is 2.93. The van der Waals surface area contributed by atoms with Gasteiger partial charge in [-0.05, 0) is 36.2 Å². The van der Waals surface area contributed by atoms with Crippen LogP contribution in [0.4, 0.5) is 0 Å². The summed E-state index contributed by atoms with van der Waals surface area (Å²) in [5.41, 5.74) is 2.83. The molecule has 7 heteroatoms. The Balaban J connectivity index is 1.60. The fraction of sp³-hybridized carbons (Fsp3) is 0.200. The molecule has 3 aromatic rings. The Kier molecular flexibility index (Phi) is 5.98. The van der Waals surface area contributed by atoms with Crippen molar-refractivity contribution in [2.24, 2.45) is 0 Å². The Bertz CT molecular complexity index is 940. The van der Waals surface area contributed by atoms with Gasteiger partial charge in [0, 0.05) is 12.1 Å². The lowest BCUT2D eigenvalue weighted by Gasteiger charge is -2.09. The summed E-state index contributed by atoms with van der Waals surface area (Å²) in [6.07, 6.45) is 0.664. The van der Waals surface area contributed by atoms with Crippen LogP contribution in [0.1, 0.15) is 16.1 Å². The second kappa shape index (κ2) is 8.60. The van der Waals surface area contributed by atoms with E-state index in [1.165, 1.54) is 0 Å². The van der Waals surface area contributed by atoms with Crippen molar-refractivity contribution >= 4 is 17.5 Å². The summed E-state index contributed by atoms with van der Waals surface area (Å²) in [7, 11) is 3.19. The number of nitrogens with zero attached hydrogens (tertiary/aromatic N) is 1. The molecule has 2 aromatic carbocycles. The van der Waals surface area contributed by atoms with E-state index in [9.17, 15) is 4.79 Å². The van der Waals surface area contributed by atoms with Gasteiger partial charge < -0.3 is 14.8 Å². The average molecular weight is 386 g/mol.